The van der Waals surface area contributed by atoms with E-state index < -0.39 is 65.8 Å². The number of benzene rings is 1. The fraction of sp³-hybridized carbons (Fsp3) is 0.476. The zero-order valence-electron chi connectivity index (χ0n) is 18.2. The van der Waals surface area contributed by atoms with E-state index in [1.165, 1.54) is 0 Å². The second-order valence-corrected chi connectivity index (χ2v) is 7.88. The first-order valence-corrected chi connectivity index (χ1v) is 9.97. The SMILES string of the molecule is COc1c([C@@H]2[C@@H](C(=O)Nc3cnc(CO)nc3)O[C@](C)(C(F)(F)F)[C@@H]2C)ccc(F)c1C(F)F. The number of aliphatic hydroxyl groups is 1. The average molecular weight is 493 g/mol. The summed E-state index contributed by atoms with van der Waals surface area (Å²) in [6.45, 7) is 1.44. The lowest BCUT2D eigenvalue weighted by Crippen LogP contribution is -2.47. The number of alkyl halides is 5. The van der Waals surface area contributed by atoms with Crippen molar-refractivity contribution < 1.29 is 45.7 Å². The number of rotatable bonds is 6. The molecule has 1 amide bonds. The molecule has 0 radical (unpaired) electrons. The van der Waals surface area contributed by atoms with E-state index in [0.29, 0.717) is 6.07 Å². The summed E-state index contributed by atoms with van der Waals surface area (Å²) in [7, 11) is 0.975. The van der Waals surface area contributed by atoms with E-state index in [0.717, 1.165) is 39.4 Å². The number of carbonyl (C=O) groups is 1. The second-order valence-electron chi connectivity index (χ2n) is 7.88. The van der Waals surface area contributed by atoms with Crippen LogP contribution >= 0.6 is 0 Å². The van der Waals surface area contributed by atoms with Crippen molar-refractivity contribution in [1.29, 1.82) is 0 Å². The van der Waals surface area contributed by atoms with Crippen LogP contribution in [0, 0.1) is 11.7 Å². The summed E-state index contributed by atoms with van der Waals surface area (Å²) in [6.07, 6.45) is -7.81. The van der Waals surface area contributed by atoms with E-state index in [2.05, 4.69) is 15.3 Å². The van der Waals surface area contributed by atoms with E-state index in [9.17, 15) is 31.1 Å². The standard InChI is InChI=1S/C21H21F6N3O4/c1-9-14(11-4-5-12(22)15(18(23)24)16(11)33-3)17(34-20(9,2)21(25,26)27)19(32)30-10-6-28-13(8-31)29-7-10/h4-7,9,14,17-18,31H,8H2,1-3H3,(H,30,32)/t9-,14-,17+,20+/m1/s1. The smallest absolute Gasteiger partial charge is 0.417 e. The Kier molecular flexibility index (Phi) is 7.08. The fourth-order valence-electron chi connectivity index (χ4n) is 4.02. The molecule has 2 heterocycles. The van der Waals surface area contributed by atoms with Crippen molar-refractivity contribution >= 4 is 11.6 Å². The lowest BCUT2D eigenvalue weighted by molar-refractivity contribution is -0.272. The summed E-state index contributed by atoms with van der Waals surface area (Å²) < 4.78 is 93.3. The quantitative estimate of drug-likeness (QED) is 0.588. The number of aromatic nitrogens is 2. The fourth-order valence-corrected chi connectivity index (χ4v) is 4.02. The van der Waals surface area contributed by atoms with Gasteiger partial charge in [-0.25, -0.2) is 23.1 Å². The normalized spacial score (nSPS) is 25.0. The van der Waals surface area contributed by atoms with Gasteiger partial charge in [0.05, 0.1) is 30.8 Å². The number of methoxy groups -OCH3 is 1. The van der Waals surface area contributed by atoms with Gasteiger partial charge in [-0.3, -0.25) is 4.79 Å². The Hall–Kier alpha value is -2.93. The van der Waals surface area contributed by atoms with Gasteiger partial charge in [-0.2, -0.15) is 13.2 Å². The Morgan fingerprint density at radius 1 is 1.29 bits per heavy atom. The Morgan fingerprint density at radius 3 is 2.41 bits per heavy atom. The summed E-state index contributed by atoms with van der Waals surface area (Å²) in [5, 5.41) is 11.3. The van der Waals surface area contributed by atoms with Crippen LogP contribution in [0.5, 0.6) is 5.75 Å². The van der Waals surface area contributed by atoms with Gasteiger partial charge in [-0.15, -0.1) is 0 Å². The number of hydrogen-bond donors (Lipinski definition) is 2. The number of amides is 1. The Bertz CT molecular complexity index is 1050. The highest BCUT2D eigenvalue weighted by Crippen LogP contribution is 2.55. The third kappa shape index (κ3) is 4.41. The number of carbonyl (C=O) groups excluding carboxylic acids is 1. The van der Waals surface area contributed by atoms with Crippen molar-refractivity contribution in [3.63, 3.8) is 0 Å². The van der Waals surface area contributed by atoms with E-state index in [1.54, 1.807) is 0 Å². The van der Waals surface area contributed by atoms with Crippen LogP contribution in [0.2, 0.25) is 0 Å². The largest absolute Gasteiger partial charge is 0.496 e. The number of anilines is 1. The van der Waals surface area contributed by atoms with Gasteiger partial charge in [0.2, 0.25) is 0 Å². The van der Waals surface area contributed by atoms with Crippen LogP contribution in [-0.4, -0.2) is 46.0 Å². The lowest BCUT2D eigenvalue weighted by Gasteiger charge is -2.32. The highest BCUT2D eigenvalue weighted by molar-refractivity contribution is 5.95. The Morgan fingerprint density at radius 2 is 1.91 bits per heavy atom. The van der Waals surface area contributed by atoms with E-state index in [-0.39, 0.29) is 17.1 Å². The van der Waals surface area contributed by atoms with Crippen LogP contribution < -0.4 is 10.1 Å². The molecule has 4 atom stereocenters. The number of ether oxygens (including phenoxy) is 2. The molecule has 34 heavy (non-hydrogen) atoms. The van der Waals surface area contributed by atoms with Crippen LogP contribution in [-0.2, 0) is 16.1 Å². The van der Waals surface area contributed by atoms with Gasteiger partial charge in [-0.05, 0) is 13.0 Å². The second kappa shape index (κ2) is 9.37. The molecule has 0 bridgehead atoms. The summed E-state index contributed by atoms with van der Waals surface area (Å²) in [6, 6.07) is 1.69. The molecular formula is C21H21F6N3O4. The van der Waals surface area contributed by atoms with Gasteiger partial charge >= 0.3 is 6.18 Å². The molecular weight excluding hydrogens is 472 g/mol. The van der Waals surface area contributed by atoms with Gasteiger partial charge in [0, 0.05) is 17.4 Å². The Labute approximate surface area is 190 Å². The molecule has 0 unspecified atom stereocenters. The molecule has 0 aliphatic carbocycles. The van der Waals surface area contributed by atoms with Crippen LogP contribution in [0.25, 0.3) is 0 Å². The zero-order chi connectivity index (χ0) is 25.4. The molecule has 1 aromatic heterocycles. The predicted octanol–water partition coefficient (Wildman–Crippen LogP) is 4.13. The van der Waals surface area contributed by atoms with Gasteiger partial charge in [-0.1, -0.05) is 13.0 Å². The maximum absolute atomic E-state index is 14.1. The maximum Gasteiger partial charge on any atom is 0.417 e. The van der Waals surface area contributed by atoms with Crippen molar-refractivity contribution in [2.75, 3.05) is 12.4 Å². The van der Waals surface area contributed by atoms with Crippen molar-refractivity contribution in [2.45, 2.75) is 50.7 Å². The van der Waals surface area contributed by atoms with Crippen molar-refractivity contribution in [2.24, 2.45) is 5.92 Å². The minimum absolute atomic E-state index is 0.00263. The zero-order valence-corrected chi connectivity index (χ0v) is 18.2. The molecule has 0 saturated carbocycles. The van der Waals surface area contributed by atoms with Gasteiger partial charge < -0.3 is 19.9 Å². The molecule has 2 aromatic rings. The van der Waals surface area contributed by atoms with Crippen LogP contribution in [0.1, 0.15) is 43.1 Å². The number of aliphatic hydroxyl groups excluding tert-OH is 1. The molecule has 13 heteroatoms. The summed E-state index contributed by atoms with van der Waals surface area (Å²) in [5.41, 5.74) is -4.19. The van der Waals surface area contributed by atoms with Gasteiger partial charge in [0.1, 0.15) is 24.3 Å². The summed E-state index contributed by atoms with van der Waals surface area (Å²) in [5.74, 6) is -5.84. The topological polar surface area (TPSA) is 93.6 Å². The minimum atomic E-state index is -4.93. The van der Waals surface area contributed by atoms with Crippen LogP contribution in [0.4, 0.5) is 32.0 Å². The van der Waals surface area contributed by atoms with Crippen molar-refractivity contribution in [3.8, 4) is 5.75 Å². The number of nitrogens with one attached hydrogen (secondary N) is 1. The van der Waals surface area contributed by atoms with Crippen molar-refractivity contribution in [1.82, 2.24) is 9.97 Å². The number of nitrogens with zero attached hydrogens (tertiary/aromatic N) is 2. The third-order valence-electron chi connectivity index (χ3n) is 6.00. The summed E-state index contributed by atoms with van der Waals surface area (Å²) in [4.78, 5) is 20.6. The maximum atomic E-state index is 14.1. The summed E-state index contributed by atoms with van der Waals surface area (Å²) >= 11 is 0. The molecule has 1 aliphatic heterocycles. The molecule has 186 valence electrons. The third-order valence-corrected chi connectivity index (χ3v) is 6.00. The molecule has 1 fully saturated rings. The molecule has 1 aromatic carbocycles. The average Bonchev–Trinajstić information content (AvgIpc) is 3.05. The number of halogens is 6. The highest BCUT2D eigenvalue weighted by Gasteiger charge is 2.66. The van der Waals surface area contributed by atoms with Crippen LogP contribution in [0.3, 0.4) is 0 Å². The van der Waals surface area contributed by atoms with Crippen molar-refractivity contribution in [3.05, 3.63) is 47.3 Å². The van der Waals surface area contributed by atoms with Gasteiger partial charge in [0.25, 0.3) is 12.3 Å². The Balaban J connectivity index is 2.10. The van der Waals surface area contributed by atoms with Crippen LogP contribution in [0.15, 0.2) is 24.5 Å². The first kappa shape index (κ1) is 25.7. The molecule has 2 N–H and O–H groups in total. The molecule has 1 aliphatic rings. The predicted molar refractivity (Wildman–Crippen MR) is 106 cm³/mol. The molecule has 1 saturated heterocycles. The van der Waals surface area contributed by atoms with E-state index in [1.807, 2.05) is 0 Å². The first-order chi connectivity index (χ1) is 15.9. The monoisotopic (exact) mass is 493 g/mol. The molecule has 0 spiro atoms. The minimum Gasteiger partial charge on any atom is -0.496 e. The number of hydrogen-bond acceptors (Lipinski definition) is 6. The lowest BCUT2D eigenvalue weighted by atomic mass is 9.76. The van der Waals surface area contributed by atoms with Gasteiger partial charge in [0.15, 0.2) is 11.4 Å². The van der Waals surface area contributed by atoms with E-state index in [4.69, 9.17) is 14.6 Å². The highest BCUT2D eigenvalue weighted by atomic mass is 19.4. The molecule has 3 rings (SSSR count). The first-order valence-electron chi connectivity index (χ1n) is 9.97. The molecule has 7 nitrogen and oxygen atoms in total. The van der Waals surface area contributed by atoms with E-state index >= 15 is 0 Å².